The van der Waals surface area contributed by atoms with Gasteiger partial charge in [0.25, 0.3) is 10.1 Å². The molecule has 2 atom stereocenters. The number of sulfonamides is 1. The van der Waals surface area contributed by atoms with Crippen molar-refractivity contribution < 1.29 is 35.3 Å². The topological polar surface area (TPSA) is 128 Å². The number of nitrogens with zero attached hydrogens (tertiary/aromatic N) is 1. The fraction of sp³-hybridized carbons (Fsp3) is 0.650. The predicted molar refractivity (Wildman–Crippen MR) is 121 cm³/mol. The van der Waals surface area contributed by atoms with Gasteiger partial charge >= 0.3 is 6.09 Å². The monoisotopic (exact) mass is 494 g/mol. The minimum absolute atomic E-state index is 0.00570. The molecule has 0 aromatic heterocycles. The number of amides is 1. The number of nitrogens with one attached hydrogen (secondary N) is 1. The largest absolute Gasteiger partial charge is 0.444 e. The summed E-state index contributed by atoms with van der Waals surface area (Å²) >= 11 is 0. The van der Waals surface area contributed by atoms with Crippen LogP contribution in [0.4, 0.5) is 4.79 Å². The fourth-order valence-corrected chi connectivity index (χ4v) is 4.32. The van der Waals surface area contributed by atoms with Gasteiger partial charge in [-0.25, -0.2) is 13.2 Å². The van der Waals surface area contributed by atoms with E-state index in [2.05, 4.69) is 5.32 Å². The van der Waals surface area contributed by atoms with Crippen molar-refractivity contribution in [3.63, 3.8) is 0 Å². The molecule has 0 saturated heterocycles. The Morgan fingerprint density at radius 3 is 2.19 bits per heavy atom. The quantitative estimate of drug-likeness (QED) is 0.435. The highest BCUT2D eigenvalue weighted by Crippen LogP contribution is 2.13. The number of alkyl carbamates (subject to hydrolysis) is 1. The summed E-state index contributed by atoms with van der Waals surface area (Å²) in [5.74, 6) is 0. The van der Waals surface area contributed by atoms with Gasteiger partial charge in [-0.1, -0.05) is 30.3 Å². The summed E-state index contributed by atoms with van der Waals surface area (Å²) < 4.78 is 64.0. The summed E-state index contributed by atoms with van der Waals surface area (Å²) in [4.78, 5) is 12.4. The van der Waals surface area contributed by atoms with Crippen molar-refractivity contribution in [1.82, 2.24) is 9.62 Å². The molecule has 1 N–H and O–H groups in total. The van der Waals surface area contributed by atoms with Crippen LogP contribution in [0.3, 0.4) is 0 Å². The second-order valence-corrected chi connectivity index (χ2v) is 12.0. The molecule has 0 heterocycles. The molecule has 0 aliphatic rings. The molecule has 0 spiro atoms. The van der Waals surface area contributed by atoms with Crippen LogP contribution in [0.5, 0.6) is 0 Å². The molecule has 0 unspecified atom stereocenters. The standard InChI is InChI=1S/C20H34N2O8S2/c1-16(22(31(5,24)25)12-13-29-32(6,26)27)18(21-19(23)30-20(2,3)4)15-28-14-17-10-8-7-9-11-17/h7-11,16,18H,12-15H2,1-6H3,(H,21,23)/t16-,18-/m0/s1. The van der Waals surface area contributed by atoms with Gasteiger partial charge < -0.3 is 14.8 Å². The van der Waals surface area contributed by atoms with E-state index in [0.717, 1.165) is 22.4 Å². The van der Waals surface area contributed by atoms with Crippen molar-refractivity contribution in [2.24, 2.45) is 0 Å². The molecule has 0 radical (unpaired) electrons. The van der Waals surface area contributed by atoms with Gasteiger partial charge in [0, 0.05) is 12.6 Å². The molecular weight excluding hydrogens is 460 g/mol. The molecule has 0 aliphatic heterocycles. The molecule has 10 nitrogen and oxygen atoms in total. The maximum absolute atomic E-state index is 12.4. The Hall–Kier alpha value is -1.73. The van der Waals surface area contributed by atoms with E-state index in [-0.39, 0.29) is 26.4 Å². The first-order valence-corrected chi connectivity index (χ1v) is 13.7. The highest BCUT2D eigenvalue weighted by atomic mass is 32.2. The summed E-state index contributed by atoms with van der Waals surface area (Å²) in [6.45, 7) is 6.39. The summed E-state index contributed by atoms with van der Waals surface area (Å²) in [7, 11) is -7.50. The molecule has 0 saturated carbocycles. The number of rotatable bonds is 12. The number of carbonyl (C=O) groups excluding carboxylic acids is 1. The van der Waals surface area contributed by atoms with E-state index in [1.54, 1.807) is 27.7 Å². The third-order valence-electron chi connectivity index (χ3n) is 4.18. The summed E-state index contributed by atoms with van der Waals surface area (Å²) in [5.41, 5.74) is 0.167. The minimum Gasteiger partial charge on any atom is -0.444 e. The highest BCUT2D eigenvalue weighted by Gasteiger charge is 2.32. The highest BCUT2D eigenvalue weighted by molar-refractivity contribution is 7.88. The van der Waals surface area contributed by atoms with Crippen molar-refractivity contribution >= 4 is 26.2 Å². The van der Waals surface area contributed by atoms with Crippen molar-refractivity contribution in [2.75, 3.05) is 32.3 Å². The van der Waals surface area contributed by atoms with Crippen molar-refractivity contribution in [1.29, 1.82) is 0 Å². The van der Waals surface area contributed by atoms with Crippen molar-refractivity contribution in [3.05, 3.63) is 35.9 Å². The molecule has 0 aliphatic carbocycles. The number of benzene rings is 1. The molecule has 32 heavy (non-hydrogen) atoms. The van der Waals surface area contributed by atoms with E-state index < -0.39 is 43.9 Å². The fourth-order valence-electron chi connectivity index (χ4n) is 2.79. The summed E-state index contributed by atoms with van der Waals surface area (Å²) in [6, 6.07) is 7.81. The number of carbonyl (C=O) groups is 1. The number of ether oxygens (including phenoxy) is 2. The van der Waals surface area contributed by atoms with Crippen LogP contribution in [-0.2, 0) is 40.4 Å². The maximum Gasteiger partial charge on any atom is 0.408 e. The minimum atomic E-state index is -3.76. The van der Waals surface area contributed by atoms with Crippen LogP contribution in [0, 0.1) is 0 Å². The average Bonchev–Trinajstić information content (AvgIpc) is 2.61. The lowest BCUT2D eigenvalue weighted by atomic mass is 10.1. The third-order valence-corrected chi connectivity index (χ3v) is 6.14. The van der Waals surface area contributed by atoms with Gasteiger partial charge in [-0.2, -0.15) is 12.7 Å². The Kier molecular flexibility index (Phi) is 10.6. The van der Waals surface area contributed by atoms with E-state index in [1.165, 1.54) is 0 Å². The average molecular weight is 495 g/mol. The predicted octanol–water partition coefficient (Wildman–Crippen LogP) is 1.72. The molecule has 1 aromatic carbocycles. The molecule has 1 aromatic rings. The zero-order valence-electron chi connectivity index (χ0n) is 19.4. The normalized spacial score (nSPS) is 14.7. The molecule has 1 amide bonds. The van der Waals surface area contributed by atoms with Gasteiger partial charge in [0.05, 0.1) is 38.4 Å². The lowest BCUT2D eigenvalue weighted by Crippen LogP contribution is -2.55. The van der Waals surface area contributed by atoms with Crippen LogP contribution < -0.4 is 5.32 Å². The van der Waals surface area contributed by atoms with Gasteiger partial charge in [-0.05, 0) is 33.3 Å². The Balaban J connectivity index is 2.98. The molecule has 0 fully saturated rings. The van der Waals surface area contributed by atoms with Crippen LogP contribution in [0.2, 0.25) is 0 Å². The van der Waals surface area contributed by atoms with Gasteiger partial charge in [0.15, 0.2) is 0 Å². The maximum atomic E-state index is 12.4. The first-order chi connectivity index (χ1) is 14.6. The van der Waals surface area contributed by atoms with Gasteiger partial charge in [-0.15, -0.1) is 0 Å². The molecule has 12 heteroatoms. The first kappa shape index (κ1) is 28.3. The SMILES string of the molecule is C[C@@H]([C@H](COCc1ccccc1)NC(=O)OC(C)(C)C)N(CCOS(C)(=O)=O)S(C)(=O)=O. The van der Waals surface area contributed by atoms with E-state index >= 15 is 0 Å². The second kappa shape index (κ2) is 11.9. The van der Waals surface area contributed by atoms with Crippen molar-refractivity contribution in [3.8, 4) is 0 Å². The van der Waals surface area contributed by atoms with Gasteiger partial charge in [0.1, 0.15) is 5.60 Å². The van der Waals surface area contributed by atoms with Crippen LogP contribution >= 0.6 is 0 Å². The lowest BCUT2D eigenvalue weighted by molar-refractivity contribution is 0.0362. The summed E-state index contributed by atoms with van der Waals surface area (Å²) in [5, 5.41) is 2.67. The Labute approximate surface area is 191 Å². The van der Waals surface area contributed by atoms with Gasteiger partial charge in [0.2, 0.25) is 10.0 Å². The van der Waals surface area contributed by atoms with Crippen LogP contribution in [-0.4, -0.2) is 77.2 Å². The Morgan fingerprint density at radius 2 is 1.69 bits per heavy atom. The molecule has 184 valence electrons. The van der Waals surface area contributed by atoms with E-state index in [9.17, 15) is 21.6 Å². The van der Waals surface area contributed by atoms with E-state index in [4.69, 9.17) is 13.7 Å². The zero-order valence-corrected chi connectivity index (χ0v) is 21.0. The molecule has 0 bridgehead atoms. The van der Waals surface area contributed by atoms with Crippen LogP contribution in [0.15, 0.2) is 30.3 Å². The van der Waals surface area contributed by atoms with E-state index in [1.807, 2.05) is 30.3 Å². The van der Waals surface area contributed by atoms with Crippen LogP contribution in [0.1, 0.15) is 33.3 Å². The van der Waals surface area contributed by atoms with Crippen molar-refractivity contribution in [2.45, 2.75) is 52.0 Å². The molecular formula is C20H34N2O8S2. The lowest BCUT2D eigenvalue weighted by Gasteiger charge is -2.33. The molecule has 1 rings (SSSR count). The number of hydrogen-bond acceptors (Lipinski definition) is 8. The van der Waals surface area contributed by atoms with Gasteiger partial charge in [-0.3, -0.25) is 4.18 Å². The smallest absolute Gasteiger partial charge is 0.408 e. The Bertz CT molecular complexity index is 928. The van der Waals surface area contributed by atoms with E-state index in [0.29, 0.717) is 0 Å². The third kappa shape index (κ3) is 11.8. The zero-order chi connectivity index (χ0) is 24.6. The summed E-state index contributed by atoms with van der Waals surface area (Å²) in [6.07, 6.45) is 1.16. The number of hydrogen-bond donors (Lipinski definition) is 1. The second-order valence-electron chi connectivity index (χ2n) is 8.39. The Morgan fingerprint density at radius 1 is 1.09 bits per heavy atom. The first-order valence-electron chi connectivity index (χ1n) is 10.0. The van der Waals surface area contributed by atoms with Crippen LogP contribution in [0.25, 0.3) is 0 Å².